The van der Waals surface area contributed by atoms with Gasteiger partial charge in [0.1, 0.15) is 5.76 Å². The second-order valence-corrected chi connectivity index (χ2v) is 6.29. The van der Waals surface area contributed by atoms with Crippen molar-refractivity contribution in [2.24, 2.45) is 0 Å². The molecule has 1 N–H and O–H groups in total. The zero-order chi connectivity index (χ0) is 20.8. The highest BCUT2D eigenvalue weighted by Crippen LogP contribution is 2.44. The molecule has 4 nitrogen and oxygen atoms in total. The number of nitrogens with one attached hydrogen (secondary N) is 1. The van der Waals surface area contributed by atoms with Crippen molar-refractivity contribution in [2.75, 3.05) is 11.9 Å². The predicted molar refractivity (Wildman–Crippen MR) is 105 cm³/mol. The molecule has 0 bridgehead atoms. The molecule has 1 aliphatic carbocycles. The molecule has 0 atom stereocenters. The van der Waals surface area contributed by atoms with E-state index in [1.165, 1.54) is 12.1 Å². The molecule has 0 saturated heterocycles. The number of benzene rings is 1. The van der Waals surface area contributed by atoms with Crippen LogP contribution >= 0.6 is 0 Å². The maximum absolute atomic E-state index is 13.0. The van der Waals surface area contributed by atoms with Gasteiger partial charge in [-0.1, -0.05) is 32.6 Å². The topological polar surface area (TPSA) is 47.0 Å². The van der Waals surface area contributed by atoms with Crippen molar-refractivity contribution in [3.63, 3.8) is 0 Å². The third-order valence-electron chi connectivity index (χ3n) is 4.59. The Morgan fingerprint density at radius 2 is 1.86 bits per heavy atom. The third-order valence-corrected chi connectivity index (χ3v) is 4.59. The average molecular weight is 393 g/mol. The Hall–Kier alpha value is -2.57. The Labute approximate surface area is 163 Å². The van der Waals surface area contributed by atoms with E-state index < -0.39 is 17.3 Å². The van der Waals surface area contributed by atoms with Gasteiger partial charge < -0.3 is 10.1 Å². The van der Waals surface area contributed by atoms with Crippen LogP contribution in [0.1, 0.15) is 56.7 Å². The third kappa shape index (κ3) is 4.82. The van der Waals surface area contributed by atoms with Gasteiger partial charge >= 0.3 is 6.18 Å². The number of halogens is 3. The van der Waals surface area contributed by atoms with E-state index in [1.807, 2.05) is 20.8 Å². The quantitative estimate of drug-likeness (QED) is 0.610. The van der Waals surface area contributed by atoms with Crippen molar-refractivity contribution >= 4 is 11.7 Å². The van der Waals surface area contributed by atoms with Gasteiger partial charge in [0.15, 0.2) is 0 Å². The number of alkyl halides is 3. The minimum absolute atomic E-state index is 0.371. The van der Waals surface area contributed by atoms with E-state index >= 15 is 0 Å². The number of hydrogen-bond donors (Lipinski definition) is 1. The van der Waals surface area contributed by atoms with Crippen molar-refractivity contribution in [1.82, 2.24) is 9.97 Å². The van der Waals surface area contributed by atoms with Crippen LogP contribution in [0.2, 0.25) is 0 Å². The van der Waals surface area contributed by atoms with Gasteiger partial charge in [0.05, 0.1) is 23.3 Å². The summed E-state index contributed by atoms with van der Waals surface area (Å²) in [4.78, 5) is 8.52. The Balaban J connectivity index is 0.00000136. The number of hydrogen-bond acceptors (Lipinski definition) is 4. The Bertz CT molecular complexity index is 784. The van der Waals surface area contributed by atoms with E-state index in [9.17, 15) is 13.2 Å². The van der Waals surface area contributed by atoms with Crippen LogP contribution in [-0.4, -0.2) is 16.6 Å². The molecule has 1 aromatic heterocycles. The summed E-state index contributed by atoms with van der Waals surface area (Å²) in [5, 5.41) is 3.22. The molecule has 7 heteroatoms. The van der Waals surface area contributed by atoms with E-state index in [4.69, 9.17) is 4.74 Å². The van der Waals surface area contributed by atoms with E-state index in [-0.39, 0.29) is 0 Å². The van der Waals surface area contributed by atoms with Gasteiger partial charge in [-0.25, -0.2) is 9.97 Å². The molecule has 0 radical (unpaired) electrons. The lowest BCUT2D eigenvalue weighted by Gasteiger charge is -2.43. The normalized spacial score (nSPS) is 14.9. The summed E-state index contributed by atoms with van der Waals surface area (Å²) in [5.41, 5.74) is 0.0520. The van der Waals surface area contributed by atoms with Crippen molar-refractivity contribution in [2.45, 2.75) is 51.7 Å². The van der Waals surface area contributed by atoms with E-state index in [2.05, 4.69) is 21.9 Å². The van der Waals surface area contributed by atoms with Crippen LogP contribution in [0.15, 0.2) is 43.2 Å². The summed E-state index contributed by atoms with van der Waals surface area (Å²) in [6.45, 7) is 10.2. The summed E-state index contributed by atoms with van der Waals surface area (Å²) >= 11 is 0. The summed E-state index contributed by atoms with van der Waals surface area (Å²) in [6.07, 6.45) is 1.20. The SMILES string of the molecule is C=C(OCC)c1cnc(NC2(c3cccc(C(F)(F)F)c3)CCC2)nc1.CC. The summed E-state index contributed by atoms with van der Waals surface area (Å²) < 4.78 is 44.4. The molecule has 152 valence electrons. The molecular formula is C21H26F3N3O. The summed E-state index contributed by atoms with van der Waals surface area (Å²) in [5.74, 6) is 0.852. The van der Waals surface area contributed by atoms with Crippen LogP contribution in [0.4, 0.5) is 19.1 Å². The molecule has 0 unspecified atom stereocenters. The minimum atomic E-state index is -4.36. The fraction of sp³-hybridized carbons (Fsp3) is 0.429. The lowest BCUT2D eigenvalue weighted by molar-refractivity contribution is -0.137. The Kier molecular flexibility index (Phi) is 7.05. The first-order chi connectivity index (χ1) is 13.3. The molecule has 1 aliphatic rings. The van der Waals surface area contributed by atoms with Crippen LogP contribution in [0.3, 0.4) is 0 Å². The van der Waals surface area contributed by atoms with E-state index in [0.717, 1.165) is 25.3 Å². The van der Waals surface area contributed by atoms with Gasteiger partial charge in [0.2, 0.25) is 5.95 Å². The molecule has 28 heavy (non-hydrogen) atoms. The number of ether oxygens (including phenoxy) is 1. The first kappa shape index (κ1) is 21.7. The molecule has 1 saturated carbocycles. The van der Waals surface area contributed by atoms with Crippen LogP contribution in [0.5, 0.6) is 0 Å². The number of nitrogens with zero attached hydrogens (tertiary/aromatic N) is 2. The molecule has 3 rings (SSSR count). The second kappa shape index (κ2) is 9.08. The fourth-order valence-corrected chi connectivity index (χ4v) is 3.02. The zero-order valence-corrected chi connectivity index (χ0v) is 16.4. The van der Waals surface area contributed by atoms with Gasteiger partial charge in [0, 0.05) is 12.4 Å². The average Bonchev–Trinajstić information content (AvgIpc) is 2.66. The number of rotatable bonds is 6. The van der Waals surface area contributed by atoms with Gasteiger partial charge in [0.25, 0.3) is 0 Å². The van der Waals surface area contributed by atoms with Crippen LogP contribution in [0, 0.1) is 0 Å². The lowest BCUT2D eigenvalue weighted by Crippen LogP contribution is -2.42. The maximum Gasteiger partial charge on any atom is 0.416 e. The van der Waals surface area contributed by atoms with Crippen molar-refractivity contribution < 1.29 is 17.9 Å². The molecule has 0 spiro atoms. The first-order valence-electron chi connectivity index (χ1n) is 9.44. The van der Waals surface area contributed by atoms with Crippen LogP contribution < -0.4 is 5.32 Å². The summed E-state index contributed by atoms with van der Waals surface area (Å²) in [7, 11) is 0. The Morgan fingerprint density at radius 3 is 2.36 bits per heavy atom. The molecule has 1 aromatic carbocycles. The van der Waals surface area contributed by atoms with Crippen molar-refractivity contribution in [3.8, 4) is 0 Å². The predicted octanol–water partition coefficient (Wildman–Crippen LogP) is 6.02. The highest BCUT2D eigenvalue weighted by molar-refractivity contribution is 5.56. The van der Waals surface area contributed by atoms with Gasteiger partial charge in [-0.3, -0.25) is 0 Å². The van der Waals surface area contributed by atoms with Crippen LogP contribution in [0.25, 0.3) is 5.76 Å². The van der Waals surface area contributed by atoms with E-state index in [1.54, 1.807) is 18.5 Å². The van der Waals surface area contributed by atoms with Crippen LogP contribution in [-0.2, 0) is 16.5 Å². The molecule has 1 fully saturated rings. The number of aromatic nitrogens is 2. The molecule has 2 aromatic rings. The van der Waals surface area contributed by atoms with Gasteiger partial charge in [-0.15, -0.1) is 0 Å². The number of anilines is 1. The molecule has 1 heterocycles. The molecular weight excluding hydrogens is 367 g/mol. The first-order valence-corrected chi connectivity index (χ1v) is 9.44. The largest absolute Gasteiger partial charge is 0.494 e. The van der Waals surface area contributed by atoms with Gasteiger partial charge in [-0.2, -0.15) is 13.2 Å². The minimum Gasteiger partial charge on any atom is -0.494 e. The standard InChI is InChI=1S/C19H20F3N3O.C2H6/c1-3-26-13(2)14-11-23-17(24-12-14)25-18(8-5-9-18)15-6-4-7-16(10-15)19(20,21)22;1-2/h4,6-7,10-12H,2-3,5,8-9H2,1H3,(H,23,24,25);1-2H3. The Morgan fingerprint density at radius 1 is 1.21 bits per heavy atom. The second-order valence-electron chi connectivity index (χ2n) is 6.29. The van der Waals surface area contributed by atoms with E-state index in [0.29, 0.717) is 29.4 Å². The molecule has 0 amide bonds. The van der Waals surface area contributed by atoms with Gasteiger partial charge in [-0.05, 0) is 43.9 Å². The highest BCUT2D eigenvalue weighted by Gasteiger charge is 2.41. The summed E-state index contributed by atoms with van der Waals surface area (Å²) in [6, 6.07) is 5.45. The monoisotopic (exact) mass is 393 g/mol. The lowest BCUT2D eigenvalue weighted by atomic mass is 9.71. The smallest absolute Gasteiger partial charge is 0.416 e. The molecule has 0 aliphatic heterocycles. The van der Waals surface area contributed by atoms with Crippen molar-refractivity contribution in [3.05, 3.63) is 59.9 Å². The van der Waals surface area contributed by atoms with Crippen molar-refractivity contribution in [1.29, 1.82) is 0 Å². The zero-order valence-electron chi connectivity index (χ0n) is 16.4. The fourth-order valence-electron chi connectivity index (χ4n) is 3.02. The highest BCUT2D eigenvalue weighted by atomic mass is 19.4. The maximum atomic E-state index is 13.0.